The fourth-order valence-electron chi connectivity index (χ4n) is 1.91. The maximum Gasteiger partial charge on any atom is 0.162 e. The zero-order valence-electron chi connectivity index (χ0n) is 11.7. The van der Waals surface area contributed by atoms with E-state index in [4.69, 9.17) is 9.47 Å². The van der Waals surface area contributed by atoms with Gasteiger partial charge >= 0.3 is 0 Å². The van der Waals surface area contributed by atoms with Gasteiger partial charge in [-0.1, -0.05) is 6.07 Å². The molecule has 1 aliphatic rings. The highest BCUT2D eigenvalue weighted by molar-refractivity contribution is 5.78. The molecule has 0 aliphatic carbocycles. The lowest BCUT2D eigenvalue weighted by Crippen LogP contribution is -2.56. The van der Waals surface area contributed by atoms with Crippen molar-refractivity contribution in [3.8, 4) is 11.5 Å². The maximum absolute atomic E-state index is 11.1. The molecule has 2 rings (SSSR count). The summed E-state index contributed by atoms with van der Waals surface area (Å²) in [6.45, 7) is 9.63. The number of hydrogen-bond acceptors (Lipinski definition) is 3. The largest absolute Gasteiger partial charge is 0.480 e. The summed E-state index contributed by atoms with van der Waals surface area (Å²) in [5.74, 6) is 1.61. The SMILES string of the molecule is CC(=O)Cc1ccc2c(c1)OC(C)(C)C(C)(C)O2. The van der Waals surface area contributed by atoms with Crippen LogP contribution in [0.3, 0.4) is 0 Å². The molecule has 1 aromatic rings. The first-order valence-electron chi connectivity index (χ1n) is 6.22. The number of ketones is 1. The summed E-state index contributed by atoms with van der Waals surface area (Å²) in [5.41, 5.74) is 0.164. The fourth-order valence-corrected chi connectivity index (χ4v) is 1.91. The molecule has 0 aromatic heterocycles. The van der Waals surface area contributed by atoms with Crippen molar-refractivity contribution in [2.75, 3.05) is 0 Å². The molecule has 0 unspecified atom stereocenters. The summed E-state index contributed by atoms with van der Waals surface area (Å²) in [5, 5.41) is 0. The molecule has 0 atom stereocenters. The maximum atomic E-state index is 11.1. The van der Waals surface area contributed by atoms with Crippen LogP contribution < -0.4 is 9.47 Å². The van der Waals surface area contributed by atoms with E-state index in [-0.39, 0.29) is 11.4 Å². The van der Waals surface area contributed by atoms with Crippen molar-refractivity contribution in [2.45, 2.75) is 52.2 Å². The summed E-state index contributed by atoms with van der Waals surface area (Å²) in [7, 11) is 0. The van der Waals surface area contributed by atoms with Crippen LogP contribution in [0.1, 0.15) is 40.2 Å². The third-order valence-electron chi connectivity index (χ3n) is 3.64. The van der Waals surface area contributed by atoms with Gasteiger partial charge in [0, 0.05) is 6.42 Å². The van der Waals surface area contributed by atoms with Gasteiger partial charge in [0.15, 0.2) is 11.5 Å². The van der Waals surface area contributed by atoms with E-state index >= 15 is 0 Å². The Balaban J connectivity index is 2.36. The molecule has 0 fully saturated rings. The number of carbonyl (C=O) groups is 1. The van der Waals surface area contributed by atoms with Gasteiger partial charge in [-0.3, -0.25) is 4.79 Å². The van der Waals surface area contributed by atoms with Gasteiger partial charge in [0.2, 0.25) is 0 Å². The number of ether oxygens (including phenoxy) is 2. The lowest BCUT2D eigenvalue weighted by molar-refractivity contribution is -0.116. The van der Waals surface area contributed by atoms with E-state index in [1.807, 2.05) is 45.9 Å². The van der Waals surface area contributed by atoms with Crippen LogP contribution in [0.15, 0.2) is 18.2 Å². The number of hydrogen-bond donors (Lipinski definition) is 0. The molecule has 0 saturated carbocycles. The third-order valence-corrected chi connectivity index (χ3v) is 3.64. The van der Waals surface area contributed by atoms with E-state index in [0.717, 1.165) is 17.1 Å². The quantitative estimate of drug-likeness (QED) is 0.806. The average Bonchev–Trinajstić information content (AvgIpc) is 2.18. The molecule has 18 heavy (non-hydrogen) atoms. The van der Waals surface area contributed by atoms with Gasteiger partial charge in [0.05, 0.1) is 0 Å². The van der Waals surface area contributed by atoms with Crippen LogP contribution in [0.2, 0.25) is 0 Å². The Bertz CT molecular complexity index is 487. The minimum Gasteiger partial charge on any atom is -0.480 e. The van der Waals surface area contributed by atoms with Crippen LogP contribution in [0.25, 0.3) is 0 Å². The van der Waals surface area contributed by atoms with E-state index in [1.54, 1.807) is 6.92 Å². The molecule has 0 radical (unpaired) electrons. The van der Waals surface area contributed by atoms with Gasteiger partial charge in [0.1, 0.15) is 17.0 Å². The van der Waals surface area contributed by atoms with Crippen LogP contribution in [0, 0.1) is 0 Å². The summed E-state index contributed by atoms with van der Waals surface area (Å²) in [6.07, 6.45) is 0.431. The molecule has 1 aromatic carbocycles. The fraction of sp³-hybridized carbons (Fsp3) is 0.533. The predicted octanol–water partition coefficient (Wildman–Crippen LogP) is 3.15. The first-order chi connectivity index (χ1) is 8.21. The molecule has 0 bridgehead atoms. The second-order valence-electron chi connectivity index (χ2n) is 5.88. The van der Waals surface area contributed by atoms with Gasteiger partial charge in [-0.2, -0.15) is 0 Å². The minimum absolute atomic E-state index is 0.145. The number of rotatable bonds is 2. The van der Waals surface area contributed by atoms with Crippen LogP contribution in [0.5, 0.6) is 11.5 Å². The van der Waals surface area contributed by atoms with E-state index < -0.39 is 5.60 Å². The van der Waals surface area contributed by atoms with Crippen molar-refractivity contribution in [3.63, 3.8) is 0 Å². The zero-order chi connectivity index (χ0) is 13.6. The van der Waals surface area contributed by atoms with Crippen molar-refractivity contribution >= 4 is 5.78 Å². The molecule has 0 N–H and O–H groups in total. The third kappa shape index (κ3) is 2.22. The Morgan fingerprint density at radius 2 is 1.61 bits per heavy atom. The predicted molar refractivity (Wildman–Crippen MR) is 70.2 cm³/mol. The smallest absolute Gasteiger partial charge is 0.162 e. The number of carbonyl (C=O) groups excluding carboxylic acids is 1. The van der Waals surface area contributed by atoms with Crippen LogP contribution in [0.4, 0.5) is 0 Å². The van der Waals surface area contributed by atoms with E-state index in [1.165, 1.54) is 0 Å². The Morgan fingerprint density at radius 1 is 1.06 bits per heavy atom. The van der Waals surface area contributed by atoms with Crippen LogP contribution in [-0.2, 0) is 11.2 Å². The topological polar surface area (TPSA) is 35.5 Å². The molecule has 3 nitrogen and oxygen atoms in total. The van der Waals surface area contributed by atoms with Crippen molar-refractivity contribution in [3.05, 3.63) is 23.8 Å². The highest BCUT2D eigenvalue weighted by Crippen LogP contribution is 2.43. The second kappa shape index (κ2) is 4.01. The van der Waals surface area contributed by atoms with Gasteiger partial charge < -0.3 is 9.47 Å². The summed E-state index contributed by atoms with van der Waals surface area (Å²) >= 11 is 0. The molecule has 3 heteroatoms. The van der Waals surface area contributed by atoms with Gasteiger partial charge in [-0.15, -0.1) is 0 Å². The van der Waals surface area contributed by atoms with Crippen molar-refractivity contribution in [2.24, 2.45) is 0 Å². The molecular formula is C15H20O3. The Kier molecular flexibility index (Phi) is 2.88. The van der Waals surface area contributed by atoms with E-state index in [2.05, 4.69) is 0 Å². The first-order valence-corrected chi connectivity index (χ1v) is 6.22. The minimum atomic E-state index is -0.408. The summed E-state index contributed by atoms with van der Waals surface area (Å²) < 4.78 is 12.0. The van der Waals surface area contributed by atoms with Crippen LogP contribution in [-0.4, -0.2) is 17.0 Å². The monoisotopic (exact) mass is 248 g/mol. The Morgan fingerprint density at radius 3 is 2.17 bits per heavy atom. The Labute approximate surface area is 108 Å². The lowest BCUT2D eigenvalue weighted by Gasteiger charge is -2.45. The molecule has 1 heterocycles. The normalized spacial score (nSPS) is 19.4. The number of Topliss-reactive ketones (excluding diaryl/α,β-unsaturated/α-hetero) is 1. The molecule has 0 amide bonds. The van der Waals surface area contributed by atoms with Gasteiger partial charge in [-0.25, -0.2) is 0 Å². The van der Waals surface area contributed by atoms with E-state index in [0.29, 0.717) is 6.42 Å². The van der Waals surface area contributed by atoms with E-state index in [9.17, 15) is 4.79 Å². The average molecular weight is 248 g/mol. The highest BCUT2D eigenvalue weighted by atomic mass is 16.6. The lowest BCUT2D eigenvalue weighted by atomic mass is 9.87. The molecule has 0 saturated heterocycles. The molecule has 1 aliphatic heterocycles. The molecule has 98 valence electrons. The zero-order valence-corrected chi connectivity index (χ0v) is 11.7. The number of fused-ring (bicyclic) bond motifs is 1. The Hall–Kier alpha value is -1.51. The van der Waals surface area contributed by atoms with Crippen LogP contribution >= 0.6 is 0 Å². The highest BCUT2D eigenvalue weighted by Gasteiger charge is 2.45. The van der Waals surface area contributed by atoms with Gasteiger partial charge in [0.25, 0.3) is 0 Å². The standard InChI is InChI=1S/C15H20O3/c1-10(16)8-11-6-7-12-13(9-11)18-15(4,5)14(2,3)17-12/h6-7,9H,8H2,1-5H3. The summed E-state index contributed by atoms with van der Waals surface area (Å²) in [6, 6.07) is 5.69. The second-order valence-corrected chi connectivity index (χ2v) is 5.88. The number of benzene rings is 1. The molecule has 0 spiro atoms. The van der Waals surface area contributed by atoms with Crippen molar-refractivity contribution < 1.29 is 14.3 Å². The van der Waals surface area contributed by atoms with Crippen molar-refractivity contribution in [1.29, 1.82) is 0 Å². The first kappa shape index (κ1) is 12.9. The molecular weight excluding hydrogens is 228 g/mol. The van der Waals surface area contributed by atoms with Crippen molar-refractivity contribution in [1.82, 2.24) is 0 Å². The van der Waals surface area contributed by atoms with Gasteiger partial charge in [-0.05, 0) is 52.3 Å². The summed E-state index contributed by atoms with van der Waals surface area (Å²) in [4.78, 5) is 11.1.